The lowest BCUT2D eigenvalue weighted by Gasteiger charge is -2.34. The lowest BCUT2D eigenvalue weighted by atomic mass is 10.1. The Labute approximate surface area is 207 Å². The van der Waals surface area contributed by atoms with Gasteiger partial charge in [0.1, 0.15) is 5.82 Å². The fourth-order valence-electron chi connectivity index (χ4n) is 4.76. The van der Waals surface area contributed by atoms with E-state index in [1.54, 1.807) is 0 Å². The third-order valence-electron chi connectivity index (χ3n) is 6.99. The van der Waals surface area contributed by atoms with Crippen molar-refractivity contribution in [2.75, 3.05) is 38.0 Å². The van der Waals surface area contributed by atoms with E-state index in [0.29, 0.717) is 6.54 Å². The van der Waals surface area contributed by atoms with Gasteiger partial charge in [0.2, 0.25) is 5.91 Å². The van der Waals surface area contributed by atoms with Gasteiger partial charge < -0.3 is 9.88 Å². The van der Waals surface area contributed by atoms with Gasteiger partial charge in [0.25, 0.3) is 0 Å². The molecule has 1 aromatic heterocycles. The predicted molar refractivity (Wildman–Crippen MR) is 142 cm³/mol. The molecule has 1 amide bonds. The average Bonchev–Trinajstić information content (AvgIpc) is 3.20. The van der Waals surface area contributed by atoms with Crippen LogP contribution in [0.5, 0.6) is 0 Å². The molecule has 0 saturated carbocycles. The van der Waals surface area contributed by atoms with Gasteiger partial charge >= 0.3 is 0 Å². The second-order valence-corrected chi connectivity index (χ2v) is 9.44. The average molecular weight is 468 g/mol. The van der Waals surface area contributed by atoms with Crippen molar-refractivity contribution in [3.8, 4) is 0 Å². The quantitative estimate of drug-likeness (QED) is 0.436. The molecule has 6 heteroatoms. The predicted octanol–water partition coefficient (Wildman–Crippen LogP) is 4.46. The summed E-state index contributed by atoms with van der Waals surface area (Å²) < 4.78 is 2.35. The maximum absolute atomic E-state index is 12.7. The smallest absolute Gasteiger partial charge is 0.238 e. The normalized spacial score (nSPS) is 14.9. The number of aryl methyl sites for hydroxylation is 1. The zero-order chi connectivity index (χ0) is 24.2. The van der Waals surface area contributed by atoms with E-state index in [1.165, 1.54) is 16.6 Å². The van der Waals surface area contributed by atoms with E-state index in [-0.39, 0.29) is 5.91 Å². The molecule has 4 aromatic rings. The van der Waals surface area contributed by atoms with Crippen molar-refractivity contribution in [2.24, 2.45) is 0 Å². The maximum Gasteiger partial charge on any atom is 0.238 e. The molecule has 1 saturated heterocycles. The van der Waals surface area contributed by atoms with Crippen molar-refractivity contribution in [2.45, 2.75) is 26.9 Å². The Hall–Kier alpha value is -3.48. The van der Waals surface area contributed by atoms with E-state index in [1.807, 2.05) is 24.3 Å². The maximum atomic E-state index is 12.7. The molecule has 1 aliphatic rings. The molecule has 6 nitrogen and oxygen atoms in total. The Morgan fingerprint density at radius 2 is 1.57 bits per heavy atom. The van der Waals surface area contributed by atoms with Crippen LogP contribution in [-0.4, -0.2) is 58.0 Å². The zero-order valence-electron chi connectivity index (χ0n) is 20.6. The van der Waals surface area contributed by atoms with Gasteiger partial charge in [-0.05, 0) is 48.7 Å². The van der Waals surface area contributed by atoms with Crippen LogP contribution in [0.3, 0.4) is 0 Å². The monoisotopic (exact) mass is 467 g/mol. The lowest BCUT2D eigenvalue weighted by molar-refractivity contribution is -0.117. The first-order chi connectivity index (χ1) is 17.1. The standard InChI is InChI=1S/C29H33N5O/c1-22-9-8-13-25(23(22)2)31-29(35)20-32-15-17-33(18-16-32)21-34-27-14-7-6-12-26(27)30-28(34)19-24-10-4-3-5-11-24/h3-14H,15-21H2,1-2H3,(H,31,35). The third kappa shape index (κ3) is 5.45. The summed E-state index contributed by atoms with van der Waals surface area (Å²) in [7, 11) is 0. The summed E-state index contributed by atoms with van der Waals surface area (Å²) in [4.78, 5) is 22.3. The number of hydrogen-bond acceptors (Lipinski definition) is 4. The summed E-state index contributed by atoms with van der Waals surface area (Å²) >= 11 is 0. The Morgan fingerprint density at radius 1 is 0.857 bits per heavy atom. The number of rotatable bonds is 7. The molecule has 0 atom stereocenters. The molecule has 1 N–H and O–H groups in total. The molecule has 0 unspecified atom stereocenters. The Morgan fingerprint density at radius 3 is 2.37 bits per heavy atom. The molecule has 0 bridgehead atoms. The Kier molecular flexibility index (Phi) is 6.93. The van der Waals surface area contributed by atoms with Gasteiger partial charge in [0.15, 0.2) is 0 Å². The van der Waals surface area contributed by atoms with Gasteiger partial charge in [0, 0.05) is 38.3 Å². The topological polar surface area (TPSA) is 53.4 Å². The van der Waals surface area contributed by atoms with E-state index in [2.05, 4.69) is 82.1 Å². The van der Waals surface area contributed by atoms with Gasteiger partial charge in [-0.25, -0.2) is 4.98 Å². The summed E-state index contributed by atoms with van der Waals surface area (Å²) in [6.45, 7) is 8.96. The highest BCUT2D eigenvalue weighted by Gasteiger charge is 2.21. The molecule has 5 rings (SSSR count). The number of carbonyl (C=O) groups excluding carboxylic acids is 1. The molecule has 3 aromatic carbocycles. The molecule has 1 aliphatic heterocycles. The van der Waals surface area contributed by atoms with Crippen LogP contribution in [0, 0.1) is 13.8 Å². The van der Waals surface area contributed by atoms with E-state index in [4.69, 9.17) is 4.98 Å². The Bertz CT molecular complexity index is 1310. The number of piperazine rings is 1. The second-order valence-electron chi connectivity index (χ2n) is 9.44. The first kappa shape index (κ1) is 23.3. The number of carbonyl (C=O) groups is 1. The van der Waals surface area contributed by atoms with E-state index < -0.39 is 0 Å². The number of nitrogens with zero attached hydrogens (tertiary/aromatic N) is 4. The largest absolute Gasteiger partial charge is 0.325 e. The van der Waals surface area contributed by atoms with Crippen LogP contribution in [0.25, 0.3) is 11.0 Å². The molecular weight excluding hydrogens is 434 g/mol. The SMILES string of the molecule is Cc1cccc(NC(=O)CN2CCN(Cn3c(Cc4ccccc4)nc4ccccc43)CC2)c1C. The minimum Gasteiger partial charge on any atom is -0.325 e. The van der Waals surface area contributed by atoms with Crippen molar-refractivity contribution in [3.05, 3.63) is 95.3 Å². The summed E-state index contributed by atoms with van der Waals surface area (Å²) in [5.41, 5.74) is 6.71. The number of anilines is 1. The second kappa shape index (κ2) is 10.4. The summed E-state index contributed by atoms with van der Waals surface area (Å²) in [6.07, 6.45) is 0.814. The number of imidazole rings is 1. The van der Waals surface area contributed by atoms with Crippen LogP contribution in [0.15, 0.2) is 72.8 Å². The molecule has 1 fully saturated rings. The van der Waals surface area contributed by atoms with Crippen molar-refractivity contribution in [1.29, 1.82) is 0 Å². The highest BCUT2D eigenvalue weighted by molar-refractivity contribution is 5.93. The fraction of sp³-hybridized carbons (Fsp3) is 0.310. The van der Waals surface area contributed by atoms with Crippen LogP contribution in [0.1, 0.15) is 22.5 Å². The lowest BCUT2D eigenvalue weighted by Crippen LogP contribution is -2.49. The van der Waals surface area contributed by atoms with Gasteiger partial charge in [-0.1, -0.05) is 54.6 Å². The minimum absolute atomic E-state index is 0.0536. The van der Waals surface area contributed by atoms with Crippen LogP contribution < -0.4 is 5.32 Å². The summed E-state index contributed by atoms with van der Waals surface area (Å²) in [5.74, 6) is 1.14. The van der Waals surface area contributed by atoms with Crippen molar-refractivity contribution >= 4 is 22.6 Å². The van der Waals surface area contributed by atoms with Crippen molar-refractivity contribution in [1.82, 2.24) is 19.4 Å². The number of hydrogen-bond donors (Lipinski definition) is 1. The first-order valence-corrected chi connectivity index (χ1v) is 12.4. The first-order valence-electron chi connectivity index (χ1n) is 12.4. The third-order valence-corrected chi connectivity index (χ3v) is 6.99. The van der Waals surface area contributed by atoms with Crippen LogP contribution in [-0.2, 0) is 17.9 Å². The molecule has 0 radical (unpaired) electrons. The van der Waals surface area contributed by atoms with Crippen molar-refractivity contribution in [3.63, 3.8) is 0 Å². The van der Waals surface area contributed by atoms with Gasteiger partial charge in [0.05, 0.1) is 24.2 Å². The highest BCUT2D eigenvalue weighted by Crippen LogP contribution is 2.20. The number of amides is 1. The van der Waals surface area contributed by atoms with Crippen LogP contribution >= 0.6 is 0 Å². The number of benzene rings is 3. The fourth-order valence-corrected chi connectivity index (χ4v) is 4.76. The van der Waals surface area contributed by atoms with E-state index >= 15 is 0 Å². The van der Waals surface area contributed by atoms with Gasteiger partial charge in [-0.15, -0.1) is 0 Å². The zero-order valence-corrected chi connectivity index (χ0v) is 20.6. The summed E-state index contributed by atoms with van der Waals surface area (Å²) in [5, 5.41) is 3.09. The number of nitrogens with one attached hydrogen (secondary N) is 1. The van der Waals surface area contributed by atoms with Gasteiger partial charge in [-0.3, -0.25) is 14.6 Å². The summed E-state index contributed by atoms with van der Waals surface area (Å²) in [6, 6.07) is 24.9. The molecule has 0 aliphatic carbocycles. The van der Waals surface area contributed by atoms with Crippen LogP contribution in [0.2, 0.25) is 0 Å². The van der Waals surface area contributed by atoms with E-state index in [0.717, 1.165) is 61.9 Å². The Balaban J connectivity index is 1.21. The molecule has 180 valence electrons. The van der Waals surface area contributed by atoms with Crippen LogP contribution in [0.4, 0.5) is 5.69 Å². The molecular formula is C29H33N5O. The number of fused-ring (bicyclic) bond motifs is 1. The number of para-hydroxylation sites is 2. The molecule has 2 heterocycles. The molecule has 35 heavy (non-hydrogen) atoms. The van der Waals surface area contributed by atoms with E-state index in [9.17, 15) is 4.79 Å². The molecule has 0 spiro atoms. The van der Waals surface area contributed by atoms with Gasteiger partial charge in [-0.2, -0.15) is 0 Å². The highest BCUT2D eigenvalue weighted by atomic mass is 16.2. The van der Waals surface area contributed by atoms with Crippen molar-refractivity contribution < 1.29 is 4.79 Å². The minimum atomic E-state index is 0.0536. The number of aromatic nitrogens is 2.